The maximum Gasteiger partial charge on any atom is 0.263 e. The number of carbonyl (C=O) groups is 3. The molecule has 4 aromatic rings. The summed E-state index contributed by atoms with van der Waals surface area (Å²) in [5.74, 6) is -3.69. The van der Waals surface area contributed by atoms with Gasteiger partial charge in [0.1, 0.15) is 33.4 Å². The molecule has 220 valence electrons. The molecule has 42 heavy (non-hydrogen) atoms. The molecule has 8 nitrogen and oxygen atoms in total. The molecule has 2 heterocycles. The number of aryl methyl sites for hydroxylation is 1. The van der Waals surface area contributed by atoms with E-state index in [9.17, 15) is 32.7 Å². The molecular formula is C29H27F3N4O4S2. The predicted molar refractivity (Wildman–Crippen MR) is 153 cm³/mol. The van der Waals surface area contributed by atoms with Crippen molar-refractivity contribution in [1.82, 2.24) is 20.6 Å². The molecule has 1 unspecified atom stereocenters. The number of nitrogens with one attached hydrogen (secondary N) is 2. The number of ketones is 1. The summed E-state index contributed by atoms with van der Waals surface area (Å²) in [7, 11) is 0. The SMILES string of the molecule is CC(O)CC[C@H](NC(=O)c1cnc(-c2ccc(F)cc2F)s1)C(=O)N[C@@H](CCc1ccc(F)cc1)C(=O)c1nccs1. The molecule has 2 aromatic heterocycles. The number of benzene rings is 2. The van der Waals surface area contributed by atoms with Crippen LogP contribution in [0.3, 0.4) is 0 Å². The van der Waals surface area contributed by atoms with Gasteiger partial charge in [-0.1, -0.05) is 12.1 Å². The third-order valence-corrected chi connectivity index (χ3v) is 8.11. The average Bonchev–Trinajstić information content (AvgIpc) is 3.67. The summed E-state index contributed by atoms with van der Waals surface area (Å²) in [4.78, 5) is 47.9. The van der Waals surface area contributed by atoms with Crippen LogP contribution in [0.5, 0.6) is 0 Å². The summed E-state index contributed by atoms with van der Waals surface area (Å²) >= 11 is 1.99. The van der Waals surface area contributed by atoms with Crippen LogP contribution in [0.2, 0.25) is 0 Å². The summed E-state index contributed by atoms with van der Waals surface area (Å²) < 4.78 is 40.9. The van der Waals surface area contributed by atoms with Crippen molar-refractivity contribution in [3.8, 4) is 10.6 Å². The molecule has 0 saturated carbocycles. The smallest absolute Gasteiger partial charge is 0.263 e. The number of hydrogen-bond acceptors (Lipinski definition) is 8. The highest BCUT2D eigenvalue weighted by Crippen LogP contribution is 2.28. The number of carbonyl (C=O) groups excluding carboxylic acids is 3. The number of amides is 2. The van der Waals surface area contributed by atoms with E-state index in [2.05, 4.69) is 20.6 Å². The molecule has 2 amide bonds. The number of thiazole rings is 2. The molecule has 4 rings (SSSR count). The van der Waals surface area contributed by atoms with Crippen LogP contribution in [-0.4, -0.2) is 50.9 Å². The predicted octanol–water partition coefficient (Wildman–Crippen LogP) is 4.94. The van der Waals surface area contributed by atoms with Crippen molar-refractivity contribution < 1.29 is 32.7 Å². The molecule has 0 saturated heterocycles. The first-order valence-corrected chi connectivity index (χ1v) is 14.7. The first kappa shape index (κ1) is 31.0. The second-order valence-corrected chi connectivity index (χ2v) is 11.5. The zero-order chi connectivity index (χ0) is 30.2. The van der Waals surface area contributed by atoms with Crippen molar-refractivity contribution in [2.75, 3.05) is 0 Å². The third-order valence-electron chi connectivity index (χ3n) is 6.30. The van der Waals surface area contributed by atoms with Crippen molar-refractivity contribution >= 4 is 40.3 Å². The lowest BCUT2D eigenvalue weighted by molar-refractivity contribution is -0.123. The Balaban J connectivity index is 1.50. The Bertz CT molecular complexity index is 1530. The van der Waals surface area contributed by atoms with Crippen molar-refractivity contribution in [3.63, 3.8) is 0 Å². The second-order valence-electron chi connectivity index (χ2n) is 9.53. The minimum Gasteiger partial charge on any atom is -0.393 e. The number of aliphatic hydroxyl groups is 1. The van der Waals surface area contributed by atoms with Crippen molar-refractivity contribution in [2.45, 2.75) is 50.8 Å². The number of aliphatic hydroxyl groups excluding tert-OH is 1. The lowest BCUT2D eigenvalue weighted by atomic mass is 10.0. The Morgan fingerprint density at radius 1 is 0.929 bits per heavy atom. The van der Waals surface area contributed by atoms with E-state index < -0.39 is 53.2 Å². The molecule has 0 spiro atoms. The third kappa shape index (κ3) is 8.30. The molecular weight excluding hydrogens is 589 g/mol. The molecule has 0 aliphatic carbocycles. The summed E-state index contributed by atoms with van der Waals surface area (Å²) in [5, 5.41) is 17.2. The summed E-state index contributed by atoms with van der Waals surface area (Å²) in [5.41, 5.74) is 0.786. The van der Waals surface area contributed by atoms with Gasteiger partial charge in [0.15, 0.2) is 5.01 Å². The second kappa shape index (κ2) is 14.3. The van der Waals surface area contributed by atoms with Crippen LogP contribution in [0, 0.1) is 17.5 Å². The molecule has 3 atom stereocenters. The van der Waals surface area contributed by atoms with Gasteiger partial charge < -0.3 is 15.7 Å². The summed E-state index contributed by atoms with van der Waals surface area (Å²) in [6.45, 7) is 1.54. The number of nitrogens with zero attached hydrogens (tertiary/aromatic N) is 2. The molecule has 3 N–H and O–H groups in total. The minimum atomic E-state index is -1.13. The Kier molecular flexibility index (Phi) is 10.6. The minimum absolute atomic E-state index is 0.0218. The Labute approximate surface area is 247 Å². The van der Waals surface area contributed by atoms with Crippen LogP contribution < -0.4 is 10.6 Å². The van der Waals surface area contributed by atoms with Gasteiger partial charge in [-0.05, 0) is 62.4 Å². The number of halogens is 3. The maximum atomic E-state index is 14.2. The molecule has 0 bridgehead atoms. The summed E-state index contributed by atoms with van der Waals surface area (Å²) in [6.07, 6.45) is 2.71. The van der Waals surface area contributed by atoms with Gasteiger partial charge in [-0.25, -0.2) is 23.1 Å². The quantitative estimate of drug-likeness (QED) is 0.183. The van der Waals surface area contributed by atoms with E-state index in [1.807, 2.05) is 0 Å². The van der Waals surface area contributed by atoms with Crippen LogP contribution in [0.15, 0.2) is 60.2 Å². The molecule has 2 aromatic carbocycles. The largest absolute Gasteiger partial charge is 0.393 e. The van der Waals surface area contributed by atoms with Crippen molar-refractivity contribution in [2.24, 2.45) is 0 Å². The first-order valence-electron chi connectivity index (χ1n) is 13.0. The molecule has 0 aliphatic rings. The van der Waals surface area contributed by atoms with Crippen LogP contribution in [0.25, 0.3) is 10.6 Å². The van der Waals surface area contributed by atoms with Crippen LogP contribution >= 0.6 is 22.7 Å². The van der Waals surface area contributed by atoms with Gasteiger partial charge in [-0.3, -0.25) is 14.4 Å². The van der Waals surface area contributed by atoms with E-state index in [0.717, 1.165) is 34.3 Å². The first-order chi connectivity index (χ1) is 20.1. The zero-order valence-corrected chi connectivity index (χ0v) is 24.0. The lowest BCUT2D eigenvalue weighted by Crippen LogP contribution is -2.51. The fraction of sp³-hybridized carbons (Fsp3) is 0.276. The standard InChI is InChI=1S/C29H27F3N4O4S2/c1-16(37)2-10-23(36-27(40)24-15-34-28(42-24)20-9-8-19(31)14-21(20)32)26(39)35-22(25(38)29-33-12-13-41-29)11-5-17-3-6-18(30)7-4-17/h3-4,6-9,12-16,22-23,37H,2,5,10-11H2,1H3,(H,35,39)(H,36,40)/t16?,22-,23-/m0/s1. The Morgan fingerprint density at radius 2 is 1.67 bits per heavy atom. The van der Waals surface area contributed by atoms with Gasteiger partial charge >= 0.3 is 0 Å². The fourth-order valence-electron chi connectivity index (χ4n) is 4.07. The highest BCUT2D eigenvalue weighted by molar-refractivity contribution is 7.16. The number of rotatable bonds is 13. The van der Waals surface area contributed by atoms with Crippen molar-refractivity contribution in [3.05, 3.63) is 93.1 Å². The van der Waals surface area contributed by atoms with E-state index in [4.69, 9.17) is 0 Å². The van der Waals surface area contributed by atoms with Gasteiger partial charge in [0, 0.05) is 23.2 Å². The highest BCUT2D eigenvalue weighted by atomic mass is 32.1. The maximum absolute atomic E-state index is 14.2. The molecule has 0 radical (unpaired) electrons. The van der Waals surface area contributed by atoms with Gasteiger partial charge in [0.25, 0.3) is 5.91 Å². The van der Waals surface area contributed by atoms with Crippen LogP contribution in [0.1, 0.15) is 51.2 Å². The average molecular weight is 617 g/mol. The van der Waals surface area contributed by atoms with E-state index in [1.165, 1.54) is 30.6 Å². The topological polar surface area (TPSA) is 121 Å². The Hall–Kier alpha value is -3.94. The van der Waals surface area contributed by atoms with Gasteiger partial charge in [-0.15, -0.1) is 22.7 Å². The van der Waals surface area contributed by atoms with E-state index in [-0.39, 0.29) is 39.7 Å². The number of aromatic nitrogens is 2. The van der Waals surface area contributed by atoms with E-state index in [0.29, 0.717) is 12.5 Å². The number of hydrogen-bond donors (Lipinski definition) is 3. The van der Waals surface area contributed by atoms with Gasteiger partial charge in [0.05, 0.1) is 18.3 Å². The Morgan fingerprint density at radius 3 is 2.33 bits per heavy atom. The van der Waals surface area contributed by atoms with Crippen LogP contribution in [-0.2, 0) is 11.2 Å². The number of Topliss-reactive ketones (excluding diaryl/α,β-unsaturated/α-hetero) is 1. The van der Waals surface area contributed by atoms with E-state index >= 15 is 0 Å². The fourth-order valence-corrected chi connectivity index (χ4v) is 5.55. The van der Waals surface area contributed by atoms with Gasteiger partial charge in [-0.2, -0.15) is 0 Å². The normalized spacial score (nSPS) is 13.3. The highest BCUT2D eigenvalue weighted by Gasteiger charge is 2.29. The van der Waals surface area contributed by atoms with Crippen molar-refractivity contribution in [1.29, 1.82) is 0 Å². The van der Waals surface area contributed by atoms with Gasteiger partial charge in [0.2, 0.25) is 11.7 Å². The molecule has 13 heteroatoms. The molecule has 0 fully saturated rings. The zero-order valence-electron chi connectivity index (χ0n) is 22.4. The monoisotopic (exact) mass is 616 g/mol. The lowest BCUT2D eigenvalue weighted by Gasteiger charge is -2.23. The van der Waals surface area contributed by atoms with Crippen LogP contribution in [0.4, 0.5) is 13.2 Å². The van der Waals surface area contributed by atoms with E-state index in [1.54, 1.807) is 24.4 Å². The molecule has 0 aliphatic heterocycles. The summed E-state index contributed by atoms with van der Waals surface area (Å²) in [6, 6.07) is 6.69.